The zero-order chi connectivity index (χ0) is 26.5. The van der Waals surface area contributed by atoms with Crippen molar-refractivity contribution in [1.82, 2.24) is 4.90 Å². The molecule has 2 bridgehead atoms. The number of hydrogen-bond donors (Lipinski definition) is 1. The number of rotatable bonds is 5. The third-order valence-electron chi connectivity index (χ3n) is 8.50. The molecule has 5 rings (SSSR count). The molecule has 3 unspecified atom stereocenters. The Kier molecular flexibility index (Phi) is 7.18. The number of methoxy groups -OCH3 is 1. The molecular formula is C29H41NO7. The van der Waals surface area contributed by atoms with Crippen LogP contribution in [-0.2, 0) is 19.0 Å². The highest BCUT2D eigenvalue weighted by atomic mass is 16.6. The van der Waals surface area contributed by atoms with Gasteiger partial charge in [-0.3, -0.25) is 4.79 Å². The Morgan fingerprint density at radius 1 is 1.14 bits per heavy atom. The van der Waals surface area contributed by atoms with Crippen molar-refractivity contribution in [2.24, 2.45) is 29.6 Å². The lowest BCUT2D eigenvalue weighted by atomic mass is 9.71. The molecule has 0 aromatic heterocycles. The molecule has 4 aliphatic rings. The summed E-state index contributed by atoms with van der Waals surface area (Å²) in [6.07, 6.45) is 1.65. The zero-order valence-electron chi connectivity index (χ0n) is 22.6. The van der Waals surface area contributed by atoms with E-state index < -0.39 is 11.7 Å². The molecule has 3 heterocycles. The third-order valence-corrected chi connectivity index (χ3v) is 8.50. The summed E-state index contributed by atoms with van der Waals surface area (Å²) >= 11 is 0. The fraction of sp³-hybridized carbons (Fsp3) is 0.724. The van der Waals surface area contributed by atoms with E-state index in [1.165, 1.54) is 7.11 Å². The van der Waals surface area contributed by atoms with Gasteiger partial charge in [-0.05, 0) is 57.1 Å². The molecule has 3 aliphatic heterocycles. The summed E-state index contributed by atoms with van der Waals surface area (Å²) in [6, 6.07) is 6.03. The van der Waals surface area contributed by atoms with E-state index in [1.807, 2.05) is 45.9 Å². The number of ether oxygens (including phenoxy) is 4. The SMILES string of the molecule is COC(=O)[C@@H](C)[C@H](c1ccc2c(c1)OC(C1[C@@H]3COC[C@H]1CN(C(=O)OC(C)(C)C)C3)CC2O)C1CC1. The number of benzene rings is 1. The Balaban J connectivity index is 1.35. The van der Waals surface area contributed by atoms with Crippen LogP contribution in [0.2, 0.25) is 0 Å². The number of carbonyl (C=O) groups excluding carboxylic acids is 2. The average Bonchev–Trinajstić information content (AvgIpc) is 3.66. The number of aliphatic hydroxyl groups excluding tert-OH is 1. The van der Waals surface area contributed by atoms with Gasteiger partial charge in [-0.1, -0.05) is 19.1 Å². The van der Waals surface area contributed by atoms with Crippen molar-refractivity contribution in [1.29, 1.82) is 0 Å². The van der Waals surface area contributed by atoms with Crippen molar-refractivity contribution < 1.29 is 33.6 Å². The number of piperidine rings is 1. The van der Waals surface area contributed by atoms with Gasteiger partial charge in [0.1, 0.15) is 17.5 Å². The van der Waals surface area contributed by atoms with Crippen molar-refractivity contribution in [3.63, 3.8) is 0 Å². The molecule has 37 heavy (non-hydrogen) atoms. The first-order chi connectivity index (χ1) is 17.6. The monoisotopic (exact) mass is 515 g/mol. The van der Waals surface area contributed by atoms with Crippen LogP contribution in [0.3, 0.4) is 0 Å². The highest BCUT2D eigenvalue weighted by Gasteiger charge is 2.49. The highest BCUT2D eigenvalue weighted by molar-refractivity contribution is 5.73. The summed E-state index contributed by atoms with van der Waals surface area (Å²) in [4.78, 5) is 27.0. The number of carbonyl (C=O) groups is 2. The minimum absolute atomic E-state index is 0.0729. The van der Waals surface area contributed by atoms with Gasteiger partial charge in [0.2, 0.25) is 0 Å². The average molecular weight is 516 g/mol. The van der Waals surface area contributed by atoms with Crippen molar-refractivity contribution in [2.45, 2.75) is 70.7 Å². The molecule has 1 N–H and O–H groups in total. The molecule has 1 aromatic rings. The first kappa shape index (κ1) is 26.3. The number of nitrogens with zero attached hydrogens (tertiary/aromatic N) is 1. The number of likely N-dealkylation sites (tertiary alicyclic amines) is 1. The van der Waals surface area contributed by atoms with Crippen molar-refractivity contribution in [2.75, 3.05) is 33.4 Å². The van der Waals surface area contributed by atoms with E-state index in [0.29, 0.717) is 44.4 Å². The van der Waals surface area contributed by atoms with E-state index in [2.05, 4.69) is 0 Å². The predicted octanol–water partition coefficient (Wildman–Crippen LogP) is 4.30. The molecular weight excluding hydrogens is 474 g/mol. The second kappa shape index (κ2) is 10.1. The van der Waals surface area contributed by atoms with Gasteiger partial charge in [0.15, 0.2) is 0 Å². The van der Waals surface area contributed by atoms with Gasteiger partial charge in [-0.2, -0.15) is 0 Å². The van der Waals surface area contributed by atoms with E-state index in [9.17, 15) is 14.7 Å². The van der Waals surface area contributed by atoms with E-state index in [0.717, 1.165) is 24.0 Å². The number of amides is 1. The Morgan fingerprint density at radius 2 is 1.81 bits per heavy atom. The smallest absolute Gasteiger partial charge is 0.410 e. The maximum Gasteiger partial charge on any atom is 0.410 e. The lowest BCUT2D eigenvalue weighted by Crippen LogP contribution is -2.59. The molecule has 1 saturated carbocycles. The van der Waals surface area contributed by atoms with Gasteiger partial charge in [-0.15, -0.1) is 0 Å². The minimum Gasteiger partial charge on any atom is -0.490 e. The molecule has 3 fully saturated rings. The van der Waals surface area contributed by atoms with Gasteiger partial charge >= 0.3 is 12.1 Å². The van der Waals surface area contributed by atoms with Crippen LogP contribution in [0.4, 0.5) is 4.79 Å². The number of esters is 1. The molecule has 1 aromatic carbocycles. The summed E-state index contributed by atoms with van der Waals surface area (Å²) < 4.78 is 23.2. The van der Waals surface area contributed by atoms with Gasteiger partial charge in [-0.25, -0.2) is 4.79 Å². The van der Waals surface area contributed by atoms with Crippen molar-refractivity contribution >= 4 is 12.1 Å². The minimum atomic E-state index is -0.620. The standard InChI is InChI=1S/C29H41NO7/c1-16(27(32)34-5)25(17-6-7-17)18-8-9-21-22(31)11-24(36-23(21)10-18)26-19-12-30(13-20(26)15-35-14-19)28(33)37-29(2,3)4/h8-10,16-17,19-20,22,24-26,31H,6-7,11-15H2,1-5H3/t16-,19-,20+,22?,24?,25-,26?/m0/s1. The van der Waals surface area contributed by atoms with E-state index in [1.54, 1.807) is 4.90 Å². The molecule has 204 valence electrons. The van der Waals surface area contributed by atoms with Crippen LogP contribution < -0.4 is 4.74 Å². The molecule has 1 amide bonds. The van der Waals surface area contributed by atoms with Gasteiger partial charge in [0.25, 0.3) is 0 Å². The van der Waals surface area contributed by atoms with E-state index in [-0.39, 0.29) is 47.8 Å². The van der Waals surface area contributed by atoms with Gasteiger partial charge in [0, 0.05) is 42.8 Å². The molecule has 7 atom stereocenters. The summed E-state index contributed by atoms with van der Waals surface area (Å²) in [5.74, 6) is 1.20. The Morgan fingerprint density at radius 3 is 2.41 bits per heavy atom. The maximum atomic E-state index is 12.8. The quantitative estimate of drug-likeness (QED) is 0.584. The number of hydrogen-bond acceptors (Lipinski definition) is 7. The molecule has 0 radical (unpaired) electrons. The lowest BCUT2D eigenvalue weighted by molar-refractivity contribution is -0.145. The molecule has 0 spiro atoms. The Bertz CT molecular complexity index is 1000. The molecule has 2 saturated heterocycles. The van der Waals surface area contributed by atoms with Crippen LogP contribution in [0.1, 0.15) is 70.1 Å². The largest absolute Gasteiger partial charge is 0.490 e. The fourth-order valence-electron chi connectivity index (χ4n) is 6.74. The summed E-state index contributed by atoms with van der Waals surface area (Å²) in [6.45, 7) is 9.80. The second-order valence-corrected chi connectivity index (χ2v) is 12.4. The lowest BCUT2D eigenvalue weighted by Gasteiger charge is -2.50. The van der Waals surface area contributed by atoms with Crippen molar-refractivity contribution in [3.05, 3.63) is 29.3 Å². The summed E-state index contributed by atoms with van der Waals surface area (Å²) in [5.41, 5.74) is 1.32. The van der Waals surface area contributed by atoms with Gasteiger partial charge in [0.05, 0.1) is 32.3 Å². The predicted molar refractivity (Wildman–Crippen MR) is 136 cm³/mol. The van der Waals surface area contributed by atoms with Crippen LogP contribution in [-0.4, -0.2) is 67.2 Å². The van der Waals surface area contributed by atoms with Crippen LogP contribution >= 0.6 is 0 Å². The van der Waals surface area contributed by atoms with Crippen LogP contribution in [0, 0.1) is 29.6 Å². The molecule has 1 aliphatic carbocycles. The van der Waals surface area contributed by atoms with E-state index in [4.69, 9.17) is 18.9 Å². The number of fused-ring (bicyclic) bond motifs is 3. The summed E-state index contributed by atoms with van der Waals surface area (Å²) in [7, 11) is 1.44. The Hall–Kier alpha value is -2.32. The highest BCUT2D eigenvalue weighted by Crippen LogP contribution is 2.50. The summed E-state index contributed by atoms with van der Waals surface area (Å²) in [5, 5.41) is 11.1. The zero-order valence-corrected chi connectivity index (χ0v) is 22.6. The maximum absolute atomic E-state index is 12.8. The van der Waals surface area contributed by atoms with Crippen LogP contribution in [0.5, 0.6) is 5.75 Å². The van der Waals surface area contributed by atoms with Crippen molar-refractivity contribution in [3.8, 4) is 5.75 Å². The first-order valence-electron chi connectivity index (χ1n) is 13.7. The molecule has 8 nitrogen and oxygen atoms in total. The topological polar surface area (TPSA) is 94.5 Å². The third kappa shape index (κ3) is 5.46. The van der Waals surface area contributed by atoms with Crippen LogP contribution in [0.15, 0.2) is 18.2 Å². The fourth-order valence-corrected chi connectivity index (χ4v) is 6.74. The Labute approximate surface area is 219 Å². The normalized spacial score (nSPS) is 31.0. The second-order valence-electron chi connectivity index (χ2n) is 12.4. The molecule has 8 heteroatoms. The van der Waals surface area contributed by atoms with Gasteiger partial charge < -0.3 is 29.0 Å². The first-order valence-corrected chi connectivity index (χ1v) is 13.7. The number of aliphatic hydroxyl groups is 1. The van der Waals surface area contributed by atoms with Crippen LogP contribution in [0.25, 0.3) is 0 Å². The van der Waals surface area contributed by atoms with E-state index >= 15 is 0 Å².